The number of carboxylic acid groups (broad SMARTS) is 1. The van der Waals surface area contributed by atoms with E-state index >= 15 is 0 Å². The lowest BCUT2D eigenvalue weighted by Crippen LogP contribution is -2.26. The van der Waals surface area contributed by atoms with Crippen LogP contribution in [0.1, 0.15) is 26.7 Å². The zero-order valence-electron chi connectivity index (χ0n) is 9.31. The standard InChI is InChI=1S/C9H15N3O3/c1-9(2,3)7-10-8(11-15-7)12(4)5-6(13)14/h5H2,1-4H3,(H,13,14). The van der Waals surface area contributed by atoms with E-state index in [0.717, 1.165) is 0 Å². The lowest BCUT2D eigenvalue weighted by Gasteiger charge is -2.12. The monoisotopic (exact) mass is 213 g/mol. The largest absolute Gasteiger partial charge is 0.480 e. The third-order valence-corrected chi connectivity index (χ3v) is 1.77. The number of hydrogen-bond acceptors (Lipinski definition) is 5. The van der Waals surface area contributed by atoms with Crippen molar-refractivity contribution in [1.29, 1.82) is 0 Å². The van der Waals surface area contributed by atoms with Gasteiger partial charge in [0.2, 0.25) is 5.89 Å². The summed E-state index contributed by atoms with van der Waals surface area (Å²) in [4.78, 5) is 16.0. The first-order valence-corrected chi connectivity index (χ1v) is 4.58. The molecule has 0 saturated heterocycles. The third kappa shape index (κ3) is 2.93. The number of carbonyl (C=O) groups is 1. The van der Waals surface area contributed by atoms with Crippen molar-refractivity contribution < 1.29 is 14.4 Å². The number of aromatic nitrogens is 2. The molecule has 1 heterocycles. The van der Waals surface area contributed by atoms with Crippen molar-refractivity contribution in [3.8, 4) is 0 Å². The molecule has 0 unspecified atom stereocenters. The van der Waals surface area contributed by atoms with Gasteiger partial charge in [0, 0.05) is 12.5 Å². The molecule has 0 aliphatic rings. The average molecular weight is 213 g/mol. The second-order valence-electron chi connectivity index (χ2n) is 4.40. The molecule has 0 aliphatic carbocycles. The normalized spacial score (nSPS) is 11.5. The van der Waals surface area contributed by atoms with E-state index in [1.54, 1.807) is 7.05 Å². The van der Waals surface area contributed by atoms with Crippen molar-refractivity contribution in [2.24, 2.45) is 0 Å². The second-order valence-corrected chi connectivity index (χ2v) is 4.40. The molecule has 84 valence electrons. The predicted molar refractivity (Wildman–Crippen MR) is 53.9 cm³/mol. The smallest absolute Gasteiger partial charge is 0.323 e. The summed E-state index contributed by atoms with van der Waals surface area (Å²) in [5, 5.41) is 12.3. The van der Waals surface area contributed by atoms with Crippen LogP contribution >= 0.6 is 0 Å². The minimum Gasteiger partial charge on any atom is -0.480 e. The fraction of sp³-hybridized carbons (Fsp3) is 0.667. The Morgan fingerprint density at radius 1 is 1.53 bits per heavy atom. The Labute approximate surface area is 87.9 Å². The molecule has 1 rings (SSSR count). The maximum atomic E-state index is 10.5. The second kappa shape index (κ2) is 3.88. The highest BCUT2D eigenvalue weighted by atomic mass is 16.5. The summed E-state index contributed by atoms with van der Waals surface area (Å²) in [6, 6.07) is 0. The fourth-order valence-electron chi connectivity index (χ4n) is 0.949. The molecule has 0 fully saturated rings. The maximum absolute atomic E-state index is 10.5. The molecule has 15 heavy (non-hydrogen) atoms. The molecule has 1 aromatic heterocycles. The van der Waals surface area contributed by atoms with Gasteiger partial charge >= 0.3 is 5.97 Å². The van der Waals surface area contributed by atoms with Crippen LogP contribution in [-0.4, -0.2) is 34.8 Å². The van der Waals surface area contributed by atoms with Gasteiger partial charge in [0.15, 0.2) is 0 Å². The van der Waals surface area contributed by atoms with Crippen LogP contribution < -0.4 is 4.90 Å². The van der Waals surface area contributed by atoms with Gasteiger partial charge in [0.25, 0.3) is 5.95 Å². The van der Waals surface area contributed by atoms with Gasteiger partial charge in [0.1, 0.15) is 6.54 Å². The zero-order chi connectivity index (χ0) is 11.6. The summed E-state index contributed by atoms with van der Waals surface area (Å²) in [6.45, 7) is 5.69. The Morgan fingerprint density at radius 2 is 2.13 bits per heavy atom. The Hall–Kier alpha value is -1.59. The molecule has 1 aromatic rings. The van der Waals surface area contributed by atoms with Crippen LogP contribution in [0, 0.1) is 0 Å². The molecular weight excluding hydrogens is 198 g/mol. The van der Waals surface area contributed by atoms with Gasteiger partial charge in [-0.25, -0.2) is 0 Å². The first-order valence-electron chi connectivity index (χ1n) is 4.58. The fourth-order valence-corrected chi connectivity index (χ4v) is 0.949. The molecule has 0 bridgehead atoms. The van der Waals surface area contributed by atoms with Gasteiger partial charge in [-0.2, -0.15) is 4.98 Å². The van der Waals surface area contributed by atoms with Gasteiger partial charge in [-0.15, -0.1) is 0 Å². The molecule has 0 saturated carbocycles. The van der Waals surface area contributed by atoms with Crippen LogP contribution in [0.3, 0.4) is 0 Å². The summed E-state index contributed by atoms with van der Waals surface area (Å²) in [7, 11) is 1.60. The summed E-state index contributed by atoms with van der Waals surface area (Å²) >= 11 is 0. The number of aliphatic carboxylic acids is 1. The maximum Gasteiger partial charge on any atom is 0.323 e. The number of likely N-dealkylation sites (N-methyl/N-ethyl adjacent to an activating group) is 1. The summed E-state index contributed by atoms with van der Waals surface area (Å²) in [5.41, 5.74) is -0.227. The SMILES string of the molecule is CN(CC(=O)O)c1noc(C(C)(C)C)n1. The molecule has 0 atom stereocenters. The molecule has 0 radical (unpaired) electrons. The molecule has 6 heteroatoms. The van der Waals surface area contributed by atoms with Gasteiger partial charge in [0.05, 0.1) is 0 Å². The third-order valence-electron chi connectivity index (χ3n) is 1.77. The highest BCUT2D eigenvalue weighted by molar-refractivity contribution is 5.72. The van der Waals surface area contributed by atoms with Crippen LogP contribution in [0.2, 0.25) is 0 Å². The highest BCUT2D eigenvalue weighted by Gasteiger charge is 2.23. The highest BCUT2D eigenvalue weighted by Crippen LogP contribution is 2.21. The lowest BCUT2D eigenvalue weighted by molar-refractivity contribution is -0.135. The Balaban J connectivity index is 2.80. The quantitative estimate of drug-likeness (QED) is 0.803. The van der Waals surface area contributed by atoms with E-state index in [-0.39, 0.29) is 12.0 Å². The predicted octanol–water partition coefficient (Wildman–Crippen LogP) is 0.888. The van der Waals surface area contributed by atoms with Gasteiger partial charge in [-0.3, -0.25) is 4.79 Å². The molecular formula is C9H15N3O3. The molecule has 0 spiro atoms. The van der Waals surface area contributed by atoms with Gasteiger partial charge < -0.3 is 14.5 Å². The van der Waals surface area contributed by atoms with Crippen molar-refractivity contribution in [1.82, 2.24) is 10.1 Å². The van der Waals surface area contributed by atoms with Gasteiger partial charge in [-0.1, -0.05) is 20.8 Å². The topological polar surface area (TPSA) is 79.5 Å². The summed E-state index contributed by atoms with van der Waals surface area (Å²) < 4.78 is 5.04. The van der Waals surface area contributed by atoms with Crippen LogP contribution in [-0.2, 0) is 10.2 Å². The lowest BCUT2D eigenvalue weighted by atomic mass is 9.97. The Kier molecular flexibility index (Phi) is 2.97. The number of carboxylic acids is 1. The van der Waals surface area contributed by atoms with E-state index in [9.17, 15) is 4.79 Å². The first kappa shape index (κ1) is 11.5. The summed E-state index contributed by atoms with van der Waals surface area (Å²) in [6.07, 6.45) is 0. The summed E-state index contributed by atoms with van der Waals surface area (Å²) in [5.74, 6) is -0.142. The van der Waals surface area contributed by atoms with Crippen molar-refractivity contribution in [2.75, 3.05) is 18.5 Å². The first-order chi connectivity index (χ1) is 6.80. The Morgan fingerprint density at radius 3 is 2.53 bits per heavy atom. The molecule has 0 aromatic carbocycles. The van der Waals surface area contributed by atoms with E-state index in [0.29, 0.717) is 11.8 Å². The van der Waals surface area contributed by atoms with E-state index in [4.69, 9.17) is 9.63 Å². The minimum atomic E-state index is -0.931. The number of rotatable bonds is 3. The van der Waals surface area contributed by atoms with Crippen molar-refractivity contribution in [3.63, 3.8) is 0 Å². The van der Waals surface area contributed by atoms with E-state index in [2.05, 4.69) is 10.1 Å². The van der Waals surface area contributed by atoms with Crippen LogP contribution in [0.15, 0.2) is 4.52 Å². The van der Waals surface area contributed by atoms with Crippen LogP contribution in [0.25, 0.3) is 0 Å². The molecule has 6 nitrogen and oxygen atoms in total. The molecule has 0 amide bonds. The Bertz CT molecular complexity index is 354. The minimum absolute atomic E-state index is 0.150. The number of hydrogen-bond donors (Lipinski definition) is 1. The van der Waals surface area contributed by atoms with Crippen molar-refractivity contribution >= 4 is 11.9 Å². The van der Waals surface area contributed by atoms with Gasteiger partial charge in [-0.05, 0) is 5.16 Å². The number of anilines is 1. The molecule has 1 N–H and O–H groups in total. The molecule has 0 aliphatic heterocycles. The van der Waals surface area contributed by atoms with Crippen molar-refractivity contribution in [2.45, 2.75) is 26.2 Å². The van der Waals surface area contributed by atoms with E-state index in [1.165, 1.54) is 4.90 Å². The van der Waals surface area contributed by atoms with Crippen molar-refractivity contribution in [3.05, 3.63) is 5.89 Å². The van der Waals surface area contributed by atoms with E-state index in [1.807, 2.05) is 20.8 Å². The van der Waals surface area contributed by atoms with Crippen LogP contribution in [0.4, 0.5) is 5.95 Å². The van der Waals surface area contributed by atoms with E-state index < -0.39 is 5.97 Å². The average Bonchev–Trinajstić information content (AvgIpc) is 2.48. The van der Waals surface area contributed by atoms with Crippen LogP contribution in [0.5, 0.6) is 0 Å². The number of nitrogens with zero attached hydrogens (tertiary/aromatic N) is 3. The zero-order valence-corrected chi connectivity index (χ0v) is 9.31.